The summed E-state index contributed by atoms with van der Waals surface area (Å²) in [6.45, 7) is 8.60. The molecule has 1 saturated heterocycles. The lowest BCUT2D eigenvalue weighted by molar-refractivity contribution is 0.255. The van der Waals surface area contributed by atoms with E-state index < -0.39 is 0 Å². The lowest BCUT2D eigenvalue weighted by atomic mass is 10.0. The van der Waals surface area contributed by atoms with E-state index in [1.807, 2.05) is 11.8 Å². The van der Waals surface area contributed by atoms with Gasteiger partial charge in [-0.15, -0.1) is 0 Å². The van der Waals surface area contributed by atoms with E-state index in [9.17, 15) is 0 Å². The lowest BCUT2D eigenvalue weighted by Crippen LogP contribution is -2.33. The van der Waals surface area contributed by atoms with Gasteiger partial charge in [-0.25, -0.2) is 0 Å². The van der Waals surface area contributed by atoms with E-state index in [0.717, 1.165) is 37.0 Å². The molecule has 5 nitrogen and oxygen atoms in total. The Labute approximate surface area is 125 Å². The first-order valence-corrected chi connectivity index (χ1v) is 8.63. The van der Waals surface area contributed by atoms with Crippen molar-refractivity contribution in [2.45, 2.75) is 45.2 Å². The summed E-state index contributed by atoms with van der Waals surface area (Å²) in [5.41, 5.74) is 0. The number of thioether (sulfide) groups is 1. The van der Waals surface area contributed by atoms with Crippen molar-refractivity contribution in [2.24, 2.45) is 0 Å². The van der Waals surface area contributed by atoms with Crippen LogP contribution in [0.1, 0.15) is 50.9 Å². The molecule has 2 heterocycles. The molecular weight excluding hydrogens is 272 g/mol. The van der Waals surface area contributed by atoms with Gasteiger partial charge < -0.3 is 9.84 Å². The van der Waals surface area contributed by atoms with Gasteiger partial charge in [0, 0.05) is 24.1 Å². The molecule has 1 aliphatic rings. The SMILES string of the molecule is CCCNC(C)C(C)c1nc(C2CSCCN2C)no1. The van der Waals surface area contributed by atoms with Gasteiger partial charge in [0.15, 0.2) is 5.82 Å². The van der Waals surface area contributed by atoms with Crippen molar-refractivity contribution in [3.8, 4) is 0 Å². The smallest absolute Gasteiger partial charge is 0.231 e. The highest BCUT2D eigenvalue weighted by molar-refractivity contribution is 7.99. The monoisotopic (exact) mass is 298 g/mol. The summed E-state index contributed by atoms with van der Waals surface area (Å²) in [5, 5.41) is 7.69. The summed E-state index contributed by atoms with van der Waals surface area (Å²) < 4.78 is 5.49. The molecular formula is C14H26N4OS. The molecule has 1 N–H and O–H groups in total. The summed E-state index contributed by atoms with van der Waals surface area (Å²) in [6.07, 6.45) is 1.14. The fraction of sp³-hybridized carbons (Fsp3) is 0.857. The summed E-state index contributed by atoms with van der Waals surface area (Å²) in [5.74, 6) is 4.06. The third-order valence-corrected chi connectivity index (χ3v) is 5.03. The molecule has 0 aromatic carbocycles. The molecule has 3 unspecified atom stereocenters. The van der Waals surface area contributed by atoms with Crippen LogP contribution in [0.15, 0.2) is 4.52 Å². The van der Waals surface area contributed by atoms with Crippen LogP contribution in [-0.4, -0.2) is 52.7 Å². The summed E-state index contributed by atoms with van der Waals surface area (Å²) in [4.78, 5) is 6.95. The van der Waals surface area contributed by atoms with Gasteiger partial charge in [-0.05, 0) is 26.9 Å². The van der Waals surface area contributed by atoms with E-state index in [-0.39, 0.29) is 12.0 Å². The Hall–Kier alpha value is -0.590. The van der Waals surface area contributed by atoms with Crippen LogP contribution in [0.4, 0.5) is 0 Å². The van der Waals surface area contributed by atoms with Crippen molar-refractivity contribution in [1.82, 2.24) is 20.4 Å². The third-order valence-electron chi connectivity index (χ3n) is 4.01. The molecule has 1 aromatic rings. The molecule has 1 fully saturated rings. The summed E-state index contributed by atoms with van der Waals surface area (Å²) in [6, 6.07) is 0.638. The van der Waals surface area contributed by atoms with E-state index in [2.05, 4.69) is 48.2 Å². The van der Waals surface area contributed by atoms with E-state index in [4.69, 9.17) is 4.52 Å². The fourth-order valence-corrected chi connectivity index (χ4v) is 3.50. The first-order chi connectivity index (χ1) is 9.63. The fourth-order valence-electron chi connectivity index (χ4n) is 2.29. The second-order valence-corrected chi connectivity index (χ2v) is 6.74. The molecule has 0 spiro atoms. The van der Waals surface area contributed by atoms with Crippen molar-refractivity contribution in [3.63, 3.8) is 0 Å². The predicted octanol–water partition coefficient (Wildman–Crippen LogP) is 2.28. The lowest BCUT2D eigenvalue weighted by Gasteiger charge is -2.29. The van der Waals surface area contributed by atoms with Crippen molar-refractivity contribution < 1.29 is 4.52 Å². The second kappa shape index (κ2) is 7.43. The van der Waals surface area contributed by atoms with Crippen LogP contribution >= 0.6 is 11.8 Å². The van der Waals surface area contributed by atoms with Crippen molar-refractivity contribution >= 4 is 11.8 Å². The molecule has 0 radical (unpaired) electrons. The first kappa shape index (κ1) is 15.8. The molecule has 1 aliphatic heterocycles. The van der Waals surface area contributed by atoms with Crippen LogP contribution in [-0.2, 0) is 0 Å². The molecule has 3 atom stereocenters. The number of hydrogen-bond acceptors (Lipinski definition) is 6. The quantitative estimate of drug-likeness (QED) is 0.869. The van der Waals surface area contributed by atoms with Crippen molar-refractivity contribution in [3.05, 3.63) is 11.7 Å². The van der Waals surface area contributed by atoms with Crippen molar-refractivity contribution in [1.29, 1.82) is 0 Å². The first-order valence-electron chi connectivity index (χ1n) is 7.48. The number of rotatable bonds is 6. The zero-order valence-electron chi connectivity index (χ0n) is 12.9. The average molecular weight is 298 g/mol. The Bertz CT molecular complexity index is 412. The molecule has 0 bridgehead atoms. The zero-order valence-corrected chi connectivity index (χ0v) is 13.7. The second-order valence-electron chi connectivity index (χ2n) is 5.59. The molecule has 2 rings (SSSR count). The van der Waals surface area contributed by atoms with Crippen LogP contribution in [0.5, 0.6) is 0 Å². The molecule has 6 heteroatoms. The van der Waals surface area contributed by atoms with Gasteiger partial charge >= 0.3 is 0 Å². The third kappa shape index (κ3) is 3.74. The van der Waals surface area contributed by atoms with Gasteiger partial charge in [-0.1, -0.05) is 19.0 Å². The van der Waals surface area contributed by atoms with Crippen molar-refractivity contribution in [2.75, 3.05) is 31.6 Å². The minimum atomic E-state index is 0.240. The standard InChI is InChI=1S/C14H26N4OS/c1-5-6-15-11(3)10(2)14-16-13(17-19-14)12-9-20-8-7-18(12)4/h10-12,15H,5-9H2,1-4H3. The number of aromatic nitrogens is 2. The van der Waals surface area contributed by atoms with Crippen LogP contribution in [0.25, 0.3) is 0 Å². The van der Waals surface area contributed by atoms with E-state index >= 15 is 0 Å². The van der Waals surface area contributed by atoms with Crippen LogP contribution in [0, 0.1) is 0 Å². The maximum absolute atomic E-state index is 5.49. The minimum absolute atomic E-state index is 0.240. The molecule has 0 saturated carbocycles. The largest absolute Gasteiger partial charge is 0.339 e. The Balaban J connectivity index is 2.00. The Morgan fingerprint density at radius 1 is 1.50 bits per heavy atom. The minimum Gasteiger partial charge on any atom is -0.339 e. The molecule has 0 aliphatic carbocycles. The molecule has 114 valence electrons. The molecule has 1 aromatic heterocycles. The maximum Gasteiger partial charge on any atom is 0.231 e. The van der Waals surface area contributed by atoms with Crippen LogP contribution in [0.2, 0.25) is 0 Å². The normalized spacial score (nSPS) is 23.7. The zero-order chi connectivity index (χ0) is 14.5. The topological polar surface area (TPSA) is 54.2 Å². The van der Waals surface area contributed by atoms with E-state index in [0.29, 0.717) is 6.04 Å². The van der Waals surface area contributed by atoms with E-state index in [1.165, 1.54) is 5.75 Å². The highest BCUT2D eigenvalue weighted by Gasteiger charge is 2.27. The Morgan fingerprint density at radius 2 is 2.30 bits per heavy atom. The molecule has 0 amide bonds. The van der Waals surface area contributed by atoms with Gasteiger partial charge in [0.2, 0.25) is 5.89 Å². The number of nitrogens with one attached hydrogen (secondary N) is 1. The van der Waals surface area contributed by atoms with Gasteiger partial charge in [-0.2, -0.15) is 16.7 Å². The van der Waals surface area contributed by atoms with Gasteiger partial charge in [0.1, 0.15) is 0 Å². The summed E-state index contributed by atoms with van der Waals surface area (Å²) in [7, 11) is 2.13. The highest BCUT2D eigenvalue weighted by Crippen LogP contribution is 2.27. The van der Waals surface area contributed by atoms with Crippen LogP contribution in [0.3, 0.4) is 0 Å². The highest BCUT2D eigenvalue weighted by atomic mass is 32.2. The van der Waals surface area contributed by atoms with Gasteiger partial charge in [0.25, 0.3) is 0 Å². The van der Waals surface area contributed by atoms with Gasteiger partial charge in [0.05, 0.1) is 12.0 Å². The van der Waals surface area contributed by atoms with Crippen LogP contribution < -0.4 is 5.32 Å². The predicted molar refractivity (Wildman–Crippen MR) is 83.2 cm³/mol. The molecule has 20 heavy (non-hydrogen) atoms. The van der Waals surface area contributed by atoms with Gasteiger partial charge in [-0.3, -0.25) is 4.90 Å². The Morgan fingerprint density at radius 3 is 3.00 bits per heavy atom. The van der Waals surface area contributed by atoms with E-state index in [1.54, 1.807) is 0 Å². The number of nitrogens with zero attached hydrogens (tertiary/aromatic N) is 3. The summed E-state index contributed by atoms with van der Waals surface area (Å²) >= 11 is 1.96. The average Bonchev–Trinajstić information content (AvgIpc) is 2.94. The maximum atomic E-state index is 5.49. The Kier molecular flexibility index (Phi) is 5.86. The number of hydrogen-bond donors (Lipinski definition) is 1.